The lowest BCUT2D eigenvalue weighted by atomic mass is 10.0. The molecule has 13 heteroatoms. The molecule has 0 bridgehead atoms. The maximum Gasteiger partial charge on any atom is 0.296 e. The highest BCUT2D eigenvalue weighted by Crippen LogP contribution is 2.39. The number of anilines is 1. The lowest BCUT2D eigenvalue weighted by Gasteiger charge is -2.42. The van der Waals surface area contributed by atoms with E-state index in [1.54, 1.807) is 0 Å². The molecule has 46 heavy (non-hydrogen) atoms. The number of rotatable bonds is 24. The standard InChI is InChI=1S/C33H60N3O8PS/c1-4-6-8-10-11-12-16-20-27-36(3,26-19-15-9-7-5-2)32(44-45(39,40)41)28-29-22-21-25-31(33(29)35(37)38)34-46(42,43)30-23-17-13-14-18-24-30/h21-22,25,30,32,34H,4-20,23-24,26-28H2,1-3H3,(H-,39,40,41). The smallest absolute Gasteiger partial charge is 0.296 e. The lowest BCUT2D eigenvalue weighted by molar-refractivity contribution is -0.952. The van der Waals surface area contributed by atoms with Crippen LogP contribution in [0.3, 0.4) is 0 Å². The van der Waals surface area contributed by atoms with E-state index in [-0.39, 0.29) is 22.2 Å². The van der Waals surface area contributed by atoms with E-state index in [0.29, 0.717) is 25.9 Å². The predicted molar refractivity (Wildman–Crippen MR) is 183 cm³/mol. The molecular weight excluding hydrogens is 629 g/mol. The van der Waals surface area contributed by atoms with Gasteiger partial charge in [0, 0.05) is 5.56 Å². The molecule has 0 heterocycles. The van der Waals surface area contributed by atoms with Crippen LogP contribution in [-0.4, -0.2) is 54.3 Å². The van der Waals surface area contributed by atoms with Crippen LogP contribution in [0.5, 0.6) is 0 Å². The zero-order valence-corrected chi connectivity index (χ0v) is 30.2. The summed E-state index contributed by atoms with van der Waals surface area (Å²) >= 11 is 0. The van der Waals surface area contributed by atoms with Crippen LogP contribution < -0.4 is 9.62 Å². The molecule has 266 valence electrons. The van der Waals surface area contributed by atoms with Crippen LogP contribution in [0.25, 0.3) is 0 Å². The molecule has 1 aromatic carbocycles. The number of para-hydroxylation sites is 1. The third-order valence-corrected chi connectivity index (χ3v) is 11.8. The molecule has 0 amide bonds. The van der Waals surface area contributed by atoms with E-state index in [2.05, 4.69) is 18.6 Å². The Morgan fingerprint density at radius 2 is 1.43 bits per heavy atom. The number of unbranched alkanes of at least 4 members (excludes halogenated alkanes) is 11. The molecule has 2 rings (SSSR count). The summed E-state index contributed by atoms with van der Waals surface area (Å²) in [6, 6.07) is 4.42. The molecular formula is C33H60N3O8PS. The highest BCUT2D eigenvalue weighted by Gasteiger charge is 2.38. The van der Waals surface area contributed by atoms with Gasteiger partial charge >= 0.3 is 0 Å². The molecule has 0 saturated heterocycles. The van der Waals surface area contributed by atoms with E-state index < -0.39 is 39.9 Å². The van der Waals surface area contributed by atoms with Crippen LogP contribution in [0.4, 0.5) is 11.4 Å². The van der Waals surface area contributed by atoms with Gasteiger partial charge < -0.3 is 14.3 Å². The summed E-state index contributed by atoms with van der Waals surface area (Å²) in [4.78, 5) is 33.9. The average molecular weight is 690 g/mol. The van der Waals surface area contributed by atoms with Crippen molar-refractivity contribution >= 4 is 29.2 Å². The Labute approximate surface area is 277 Å². The third kappa shape index (κ3) is 14.7. The Balaban J connectivity index is 2.36. The van der Waals surface area contributed by atoms with Crippen molar-refractivity contribution in [1.82, 2.24) is 0 Å². The van der Waals surface area contributed by atoms with Gasteiger partial charge in [0.1, 0.15) is 5.69 Å². The van der Waals surface area contributed by atoms with Crippen molar-refractivity contribution in [3.05, 3.63) is 33.9 Å². The second-order valence-corrected chi connectivity index (χ2v) is 16.5. The first kappa shape index (κ1) is 40.6. The summed E-state index contributed by atoms with van der Waals surface area (Å²) in [6.07, 6.45) is 17.0. The number of nitrogens with one attached hydrogen (secondary N) is 1. The Kier molecular flexibility index (Phi) is 18.3. The van der Waals surface area contributed by atoms with E-state index in [1.165, 1.54) is 43.9 Å². The number of likely N-dealkylation sites (N-methyl/N-ethyl adjacent to an activating group) is 1. The van der Waals surface area contributed by atoms with Crippen LogP contribution in [0.2, 0.25) is 0 Å². The fourth-order valence-electron chi connectivity index (χ4n) is 6.64. The highest BCUT2D eigenvalue weighted by atomic mass is 32.2. The molecule has 11 nitrogen and oxygen atoms in total. The second-order valence-electron chi connectivity index (χ2n) is 13.4. The zero-order valence-electron chi connectivity index (χ0n) is 28.5. The molecule has 2 N–H and O–H groups in total. The van der Waals surface area contributed by atoms with Gasteiger partial charge in [0.05, 0.1) is 36.7 Å². The van der Waals surface area contributed by atoms with Crippen molar-refractivity contribution in [1.29, 1.82) is 0 Å². The minimum Gasteiger partial charge on any atom is -0.756 e. The Bertz CT molecular complexity index is 1190. The molecule has 0 radical (unpaired) electrons. The number of hydrogen-bond acceptors (Lipinski definition) is 7. The van der Waals surface area contributed by atoms with Crippen LogP contribution in [0, 0.1) is 10.1 Å². The van der Waals surface area contributed by atoms with Crippen molar-refractivity contribution in [2.24, 2.45) is 0 Å². The Hall–Kier alpha value is -1.56. The Morgan fingerprint density at radius 3 is 1.91 bits per heavy atom. The summed E-state index contributed by atoms with van der Waals surface area (Å²) < 4.78 is 46.9. The Morgan fingerprint density at radius 1 is 0.935 bits per heavy atom. The van der Waals surface area contributed by atoms with Crippen molar-refractivity contribution in [3.63, 3.8) is 0 Å². The summed E-state index contributed by atoms with van der Waals surface area (Å²) in [5.41, 5.74) is -0.416. The molecule has 3 atom stereocenters. The first-order chi connectivity index (χ1) is 21.8. The van der Waals surface area contributed by atoms with Gasteiger partial charge in [-0.05, 0) is 44.6 Å². The van der Waals surface area contributed by atoms with Gasteiger partial charge in [-0.3, -0.25) is 23.9 Å². The SMILES string of the molecule is CCCCCCCCCC[N+](C)(CCCCCCC)C(Cc1cccc(NS(=O)(=O)C2CCCCCC2)c1[N+](=O)[O-])OP(=O)([O-])O. The van der Waals surface area contributed by atoms with Crippen LogP contribution in [0.1, 0.15) is 141 Å². The number of sulfonamides is 1. The summed E-state index contributed by atoms with van der Waals surface area (Å²) in [5, 5.41) is 11.8. The van der Waals surface area contributed by atoms with E-state index in [4.69, 9.17) is 4.52 Å². The van der Waals surface area contributed by atoms with Gasteiger partial charge in [0.2, 0.25) is 16.3 Å². The molecule has 1 fully saturated rings. The lowest BCUT2D eigenvalue weighted by Crippen LogP contribution is -2.55. The van der Waals surface area contributed by atoms with Crippen molar-refractivity contribution in [2.45, 2.75) is 154 Å². The molecule has 0 aliphatic heterocycles. The van der Waals surface area contributed by atoms with Gasteiger partial charge in [-0.15, -0.1) is 0 Å². The van der Waals surface area contributed by atoms with E-state index >= 15 is 0 Å². The quantitative estimate of drug-likeness (QED) is 0.0210. The second kappa shape index (κ2) is 20.7. The van der Waals surface area contributed by atoms with Crippen LogP contribution in [-0.2, 0) is 25.5 Å². The fourth-order valence-corrected chi connectivity index (χ4v) is 8.84. The minimum atomic E-state index is -5.22. The van der Waals surface area contributed by atoms with E-state index in [0.717, 1.165) is 83.5 Å². The third-order valence-electron chi connectivity index (χ3n) is 9.44. The fraction of sp³-hybridized carbons (Fsp3) is 0.818. The van der Waals surface area contributed by atoms with E-state index in [9.17, 15) is 32.9 Å². The molecule has 0 spiro atoms. The van der Waals surface area contributed by atoms with Crippen molar-refractivity contribution in [3.8, 4) is 0 Å². The molecule has 1 aliphatic carbocycles. The van der Waals surface area contributed by atoms with Crippen LogP contribution >= 0.6 is 7.82 Å². The number of quaternary nitrogens is 1. The molecule has 3 unspecified atom stereocenters. The summed E-state index contributed by atoms with van der Waals surface area (Å²) in [7, 11) is -7.21. The number of phosphoric ester groups is 1. The number of benzene rings is 1. The molecule has 1 aliphatic rings. The van der Waals surface area contributed by atoms with Gasteiger partial charge in [-0.2, -0.15) is 0 Å². The number of phosphoric acid groups is 1. The number of hydrogen-bond donors (Lipinski definition) is 2. The largest absolute Gasteiger partial charge is 0.756 e. The maximum absolute atomic E-state index is 13.3. The monoisotopic (exact) mass is 689 g/mol. The maximum atomic E-state index is 13.3. The minimum absolute atomic E-state index is 0.142. The molecule has 0 aromatic heterocycles. The number of nitrogens with zero attached hydrogens (tertiary/aromatic N) is 2. The van der Waals surface area contributed by atoms with Crippen molar-refractivity contribution < 1.29 is 36.7 Å². The summed E-state index contributed by atoms with van der Waals surface area (Å²) in [6.45, 7) is 5.48. The number of nitro groups is 1. The van der Waals surface area contributed by atoms with Gasteiger partial charge in [-0.25, -0.2) is 8.42 Å². The zero-order chi connectivity index (χ0) is 34.1. The normalized spacial score (nSPS) is 17.9. The van der Waals surface area contributed by atoms with Crippen LogP contribution in [0.15, 0.2) is 18.2 Å². The topological polar surface area (TPSA) is 159 Å². The molecule has 1 aromatic rings. The first-order valence-corrected chi connectivity index (χ1v) is 20.7. The first-order valence-electron chi connectivity index (χ1n) is 17.7. The average Bonchev–Trinajstić information content (AvgIpc) is 3.28. The molecule has 1 saturated carbocycles. The predicted octanol–water partition coefficient (Wildman–Crippen LogP) is 7.96. The van der Waals surface area contributed by atoms with Gasteiger partial charge in [0.25, 0.3) is 13.5 Å². The van der Waals surface area contributed by atoms with E-state index in [1.807, 2.05) is 7.05 Å². The van der Waals surface area contributed by atoms with Crippen molar-refractivity contribution in [2.75, 3.05) is 24.9 Å². The highest BCUT2D eigenvalue weighted by molar-refractivity contribution is 7.93. The van der Waals surface area contributed by atoms with Gasteiger partial charge in [0.15, 0.2) is 0 Å². The van der Waals surface area contributed by atoms with Gasteiger partial charge in [-0.1, -0.05) is 109 Å². The number of nitro benzene ring substituents is 1. The summed E-state index contributed by atoms with van der Waals surface area (Å²) in [5.74, 6) is 0.